The van der Waals surface area contributed by atoms with Gasteiger partial charge in [0, 0.05) is 24.2 Å². The van der Waals surface area contributed by atoms with Crippen LogP contribution < -0.4 is 10.1 Å². The Hall–Kier alpha value is -2.53. The van der Waals surface area contributed by atoms with E-state index in [0.29, 0.717) is 23.9 Å². The third kappa shape index (κ3) is 2.94. The Kier molecular flexibility index (Phi) is 4.47. The molecule has 4 fully saturated rings. The number of carbonyl (C=O) groups is 1. The molecule has 0 radical (unpaired) electrons. The van der Waals surface area contributed by atoms with Crippen LogP contribution in [0.1, 0.15) is 24.3 Å². The Bertz CT molecular complexity index is 831. The highest BCUT2D eigenvalue weighted by molar-refractivity contribution is 5.90. The van der Waals surface area contributed by atoms with Crippen molar-refractivity contribution in [2.75, 3.05) is 32.1 Å². The molecule has 5 nitrogen and oxygen atoms in total. The van der Waals surface area contributed by atoms with Crippen LogP contribution in [0.3, 0.4) is 0 Å². The second-order valence-electron chi connectivity index (χ2n) is 8.18. The predicted octanol–water partition coefficient (Wildman–Crippen LogP) is 3.79. The molecule has 28 heavy (non-hydrogen) atoms. The Morgan fingerprint density at radius 1 is 1.00 bits per heavy atom. The van der Waals surface area contributed by atoms with Gasteiger partial charge in [-0.3, -0.25) is 4.90 Å². The van der Waals surface area contributed by atoms with E-state index in [1.807, 2.05) is 42.5 Å². The fourth-order valence-electron chi connectivity index (χ4n) is 5.52. The van der Waals surface area contributed by atoms with E-state index in [0.717, 1.165) is 31.1 Å². The molecule has 2 bridgehead atoms. The van der Waals surface area contributed by atoms with Crippen LogP contribution in [-0.4, -0.2) is 54.7 Å². The summed E-state index contributed by atoms with van der Waals surface area (Å²) in [6.07, 6.45) is 2.40. The summed E-state index contributed by atoms with van der Waals surface area (Å²) in [7, 11) is 1.70. The number of amides is 2. The van der Waals surface area contributed by atoms with Gasteiger partial charge in [-0.15, -0.1) is 0 Å². The number of nitrogens with zero attached hydrogens (tertiary/aromatic N) is 2. The van der Waals surface area contributed by atoms with Crippen LogP contribution in [0.5, 0.6) is 5.75 Å². The van der Waals surface area contributed by atoms with Crippen molar-refractivity contribution in [3.8, 4) is 5.75 Å². The molecule has 0 unspecified atom stereocenters. The van der Waals surface area contributed by atoms with Crippen LogP contribution in [0.15, 0.2) is 54.6 Å². The number of benzene rings is 2. The summed E-state index contributed by atoms with van der Waals surface area (Å²) in [5.41, 5.74) is 2.16. The number of carbonyl (C=O) groups excluding carboxylic acids is 1. The summed E-state index contributed by atoms with van der Waals surface area (Å²) in [5, 5.41) is 3.12. The average molecular weight is 377 g/mol. The van der Waals surface area contributed by atoms with Crippen molar-refractivity contribution in [2.24, 2.45) is 5.92 Å². The largest absolute Gasteiger partial charge is 0.497 e. The van der Waals surface area contributed by atoms with Crippen LogP contribution in [0.2, 0.25) is 0 Å². The lowest BCUT2D eigenvalue weighted by atomic mass is 9.75. The third-order valence-electron chi connectivity index (χ3n) is 6.82. The normalized spacial score (nSPS) is 30.8. The van der Waals surface area contributed by atoms with E-state index in [1.165, 1.54) is 18.4 Å². The molecule has 1 N–H and O–H groups in total. The SMILES string of the molecule is COc1ccc([C@@H]2CN(C(=O)Nc3ccccc3)[C@@H]3C4CCN(CC4)[C@@H]32)cc1. The van der Waals surface area contributed by atoms with Crippen molar-refractivity contribution in [1.82, 2.24) is 9.80 Å². The number of para-hydroxylation sites is 1. The molecule has 4 heterocycles. The van der Waals surface area contributed by atoms with Gasteiger partial charge in [-0.25, -0.2) is 4.79 Å². The number of anilines is 1. The summed E-state index contributed by atoms with van der Waals surface area (Å²) in [5.74, 6) is 1.84. The molecule has 0 aliphatic carbocycles. The zero-order valence-electron chi connectivity index (χ0n) is 16.3. The molecule has 4 aliphatic rings. The van der Waals surface area contributed by atoms with Gasteiger partial charge in [0.15, 0.2) is 0 Å². The predicted molar refractivity (Wildman–Crippen MR) is 110 cm³/mol. The standard InChI is InChI=1S/C23H27N3O2/c1-28-19-9-7-16(8-10-19)20-15-26(23(27)24-18-5-3-2-4-6-18)21-17-11-13-25(14-12-17)22(20)21/h2-10,17,20-22H,11-15H2,1H3,(H,24,27)/t20-,21+,22+/m0/s1. The molecule has 6 rings (SSSR count). The van der Waals surface area contributed by atoms with Crippen LogP contribution in [0.25, 0.3) is 0 Å². The van der Waals surface area contributed by atoms with Gasteiger partial charge < -0.3 is 15.0 Å². The maximum Gasteiger partial charge on any atom is 0.322 e. The lowest BCUT2D eigenvalue weighted by Crippen LogP contribution is -2.61. The van der Waals surface area contributed by atoms with E-state index >= 15 is 0 Å². The molecule has 146 valence electrons. The molecule has 4 saturated heterocycles. The van der Waals surface area contributed by atoms with Crippen LogP contribution in [-0.2, 0) is 0 Å². The average Bonchev–Trinajstić information content (AvgIpc) is 3.18. The van der Waals surface area contributed by atoms with E-state index in [9.17, 15) is 4.79 Å². The number of nitrogens with one attached hydrogen (secondary N) is 1. The van der Waals surface area contributed by atoms with E-state index in [4.69, 9.17) is 4.74 Å². The zero-order chi connectivity index (χ0) is 19.1. The quantitative estimate of drug-likeness (QED) is 0.885. The van der Waals surface area contributed by atoms with E-state index in [1.54, 1.807) is 7.11 Å². The molecule has 4 aliphatic heterocycles. The minimum absolute atomic E-state index is 0.0333. The van der Waals surface area contributed by atoms with Gasteiger partial charge in [0.2, 0.25) is 0 Å². The van der Waals surface area contributed by atoms with Crippen LogP contribution in [0.4, 0.5) is 10.5 Å². The fourth-order valence-corrected chi connectivity index (χ4v) is 5.52. The second kappa shape index (κ2) is 7.13. The molecule has 0 aromatic heterocycles. The van der Waals surface area contributed by atoms with Gasteiger partial charge in [-0.05, 0) is 61.7 Å². The lowest BCUT2D eigenvalue weighted by Gasteiger charge is -2.51. The highest BCUT2D eigenvalue weighted by Crippen LogP contribution is 2.46. The van der Waals surface area contributed by atoms with Gasteiger partial charge in [0.1, 0.15) is 5.75 Å². The molecule has 0 saturated carbocycles. The van der Waals surface area contributed by atoms with Crippen molar-refractivity contribution in [3.05, 3.63) is 60.2 Å². The van der Waals surface area contributed by atoms with Crippen molar-refractivity contribution in [2.45, 2.75) is 30.8 Å². The van der Waals surface area contributed by atoms with Crippen molar-refractivity contribution < 1.29 is 9.53 Å². The van der Waals surface area contributed by atoms with E-state index in [2.05, 4.69) is 27.2 Å². The highest BCUT2D eigenvalue weighted by atomic mass is 16.5. The topological polar surface area (TPSA) is 44.8 Å². The molecule has 2 aromatic carbocycles. The van der Waals surface area contributed by atoms with E-state index < -0.39 is 0 Å². The Morgan fingerprint density at radius 3 is 2.39 bits per heavy atom. The maximum atomic E-state index is 13.2. The number of fused-ring (bicyclic) bond motifs is 2. The summed E-state index contributed by atoms with van der Waals surface area (Å²) in [4.78, 5) is 17.9. The highest BCUT2D eigenvalue weighted by Gasteiger charge is 2.54. The first-order valence-corrected chi connectivity index (χ1v) is 10.3. The van der Waals surface area contributed by atoms with Crippen molar-refractivity contribution in [3.63, 3.8) is 0 Å². The monoisotopic (exact) mass is 377 g/mol. The molecular weight excluding hydrogens is 350 g/mol. The number of rotatable bonds is 3. The summed E-state index contributed by atoms with van der Waals surface area (Å²) >= 11 is 0. The van der Waals surface area contributed by atoms with Gasteiger partial charge >= 0.3 is 6.03 Å². The Labute approximate surface area is 166 Å². The summed E-state index contributed by atoms with van der Waals surface area (Å²) in [6.45, 7) is 3.09. The van der Waals surface area contributed by atoms with Gasteiger partial charge in [0.05, 0.1) is 13.2 Å². The second-order valence-corrected chi connectivity index (χ2v) is 8.18. The summed E-state index contributed by atoms with van der Waals surface area (Å²) in [6, 6.07) is 18.9. The van der Waals surface area contributed by atoms with Gasteiger partial charge in [-0.2, -0.15) is 0 Å². The molecule has 3 atom stereocenters. The maximum absolute atomic E-state index is 13.2. The van der Waals surface area contributed by atoms with Crippen molar-refractivity contribution >= 4 is 11.7 Å². The zero-order valence-corrected chi connectivity index (χ0v) is 16.3. The van der Waals surface area contributed by atoms with E-state index in [-0.39, 0.29) is 6.03 Å². The van der Waals surface area contributed by atoms with Crippen LogP contribution in [0, 0.1) is 5.92 Å². The minimum Gasteiger partial charge on any atom is -0.497 e. The smallest absolute Gasteiger partial charge is 0.322 e. The number of urea groups is 1. The molecule has 5 heteroatoms. The molecule has 2 amide bonds. The Balaban J connectivity index is 1.44. The minimum atomic E-state index is 0.0333. The summed E-state index contributed by atoms with van der Waals surface area (Å²) < 4.78 is 5.33. The number of piperidine rings is 3. The van der Waals surface area contributed by atoms with Crippen molar-refractivity contribution in [1.29, 1.82) is 0 Å². The molecule has 0 spiro atoms. The number of methoxy groups -OCH3 is 1. The number of ether oxygens (including phenoxy) is 1. The first-order chi connectivity index (χ1) is 13.7. The lowest BCUT2D eigenvalue weighted by molar-refractivity contribution is 0.00494. The fraction of sp³-hybridized carbons (Fsp3) is 0.435. The molecule has 2 aromatic rings. The third-order valence-corrected chi connectivity index (χ3v) is 6.82. The van der Waals surface area contributed by atoms with Crippen LogP contribution >= 0.6 is 0 Å². The number of hydrogen-bond donors (Lipinski definition) is 1. The Morgan fingerprint density at radius 2 is 1.71 bits per heavy atom. The number of likely N-dealkylation sites (tertiary alicyclic amines) is 1. The first-order valence-electron chi connectivity index (χ1n) is 10.3. The first kappa shape index (κ1) is 17.6. The molecular formula is C23H27N3O2. The number of hydrogen-bond acceptors (Lipinski definition) is 3. The van der Waals surface area contributed by atoms with Gasteiger partial charge in [0.25, 0.3) is 0 Å². The van der Waals surface area contributed by atoms with Gasteiger partial charge in [-0.1, -0.05) is 30.3 Å².